The first-order valence-electron chi connectivity index (χ1n) is 10.4. The number of hydrogen-bond donors (Lipinski definition) is 3. The molecule has 8 nitrogen and oxygen atoms in total. The number of aliphatic carboxylic acids is 1. The molecule has 2 heterocycles. The zero-order valence-electron chi connectivity index (χ0n) is 17.7. The minimum absolute atomic E-state index is 0.0346. The molecule has 2 aromatic rings. The molecule has 1 aromatic carbocycles. The number of methoxy groups -OCH3 is 1. The van der Waals surface area contributed by atoms with Crippen molar-refractivity contribution in [1.29, 1.82) is 0 Å². The van der Waals surface area contributed by atoms with Gasteiger partial charge in [0.1, 0.15) is 0 Å². The van der Waals surface area contributed by atoms with Crippen molar-refractivity contribution in [2.75, 3.05) is 32.9 Å². The number of ether oxygens (including phenoxy) is 1. The summed E-state index contributed by atoms with van der Waals surface area (Å²) in [6.07, 6.45) is 2.93. The topological polar surface area (TPSA) is 126 Å². The minimum Gasteiger partial charge on any atom is -0.481 e. The van der Waals surface area contributed by atoms with Crippen LogP contribution in [-0.4, -0.2) is 63.9 Å². The first-order chi connectivity index (χ1) is 14.8. The molecule has 4 N–H and O–H groups in total. The molecule has 168 valence electrons. The van der Waals surface area contributed by atoms with Crippen molar-refractivity contribution in [2.45, 2.75) is 31.0 Å². The second-order valence-corrected chi connectivity index (χ2v) is 10.7. The number of aromatic nitrogens is 1. The van der Waals surface area contributed by atoms with Crippen LogP contribution in [0.25, 0.3) is 11.1 Å². The second kappa shape index (κ2) is 9.92. The molecule has 0 spiro atoms. The van der Waals surface area contributed by atoms with E-state index in [0.29, 0.717) is 38.4 Å². The molecule has 0 aliphatic carbocycles. The van der Waals surface area contributed by atoms with Crippen LogP contribution in [0.4, 0.5) is 0 Å². The van der Waals surface area contributed by atoms with Gasteiger partial charge in [-0.1, -0.05) is 30.7 Å². The number of nitrogens with zero attached hydrogens (tertiary/aromatic N) is 2. The number of hydrogen-bond acceptors (Lipinski definition) is 6. The quantitative estimate of drug-likeness (QED) is 0.396. The maximum Gasteiger partial charge on any atom is 0.320 e. The average molecular weight is 447 g/mol. The molecular formula is C22H30N3O5P. The zero-order chi connectivity index (χ0) is 22.5. The monoisotopic (exact) mass is 447 g/mol. The number of carboxylic acids is 1. The number of carbonyl (C=O) groups is 1. The Balaban J connectivity index is 1.88. The van der Waals surface area contributed by atoms with Crippen LogP contribution >= 0.6 is 7.37 Å². The Bertz CT molecular complexity index is 970. The maximum atomic E-state index is 13.0. The van der Waals surface area contributed by atoms with Crippen LogP contribution < -0.4 is 10.5 Å². The number of pyridine rings is 1. The third-order valence-electron chi connectivity index (χ3n) is 5.98. The predicted molar refractivity (Wildman–Crippen MR) is 119 cm³/mol. The number of carboxylic acid groups (broad SMARTS) is 1. The Labute approximate surface area is 182 Å². The lowest BCUT2D eigenvalue weighted by atomic mass is 9.97. The third kappa shape index (κ3) is 4.99. The summed E-state index contributed by atoms with van der Waals surface area (Å²) in [4.78, 5) is 29.0. The summed E-state index contributed by atoms with van der Waals surface area (Å²) in [5.41, 5.74) is 8.49. The highest BCUT2D eigenvalue weighted by atomic mass is 31.2. The van der Waals surface area contributed by atoms with Crippen LogP contribution in [0, 0.1) is 0 Å². The lowest BCUT2D eigenvalue weighted by Crippen LogP contribution is -2.53. The fourth-order valence-electron chi connectivity index (χ4n) is 4.19. The van der Waals surface area contributed by atoms with Crippen LogP contribution in [0.1, 0.15) is 24.8 Å². The Morgan fingerprint density at radius 1 is 1.32 bits per heavy atom. The standard InChI is InChI=1S/C22H30N3O5P/c1-30-20-14-17(8-11-24-20)19-7-3-2-6-18(19)15-25-12-13-31(28,29)22(16-25,21(26)27)9-4-5-10-23/h2-3,6-8,11,14H,4-5,9-10,12-13,15-16,23H2,1H3,(H,26,27)(H,28,29)/t22-/m0/s1. The Morgan fingerprint density at radius 2 is 2.10 bits per heavy atom. The highest BCUT2D eigenvalue weighted by molar-refractivity contribution is 7.61. The van der Waals surface area contributed by atoms with E-state index in [1.807, 2.05) is 41.3 Å². The Morgan fingerprint density at radius 3 is 2.81 bits per heavy atom. The van der Waals surface area contributed by atoms with Crippen LogP contribution in [0.2, 0.25) is 0 Å². The minimum atomic E-state index is -3.85. The molecule has 1 aliphatic rings. The van der Waals surface area contributed by atoms with Gasteiger partial charge in [-0.15, -0.1) is 0 Å². The molecule has 3 rings (SSSR count). The van der Waals surface area contributed by atoms with Gasteiger partial charge in [-0.25, -0.2) is 4.98 Å². The van der Waals surface area contributed by atoms with Crippen molar-refractivity contribution in [3.63, 3.8) is 0 Å². The molecule has 1 saturated heterocycles. The fourth-order valence-corrected chi connectivity index (χ4v) is 6.40. The van der Waals surface area contributed by atoms with Gasteiger partial charge in [0.15, 0.2) is 5.16 Å². The Hall–Kier alpha value is -2.25. The van der Waals surface area contributed by atoms with Gasteiger partial charge in [-0.3, -0.25) is 14.3 Å². The summed E-state index contributed by atoms with van der Waals surface area (Å²) in [6.45, 7) is 1.31. The lowest BCUT2D eigenvalue weighted by Gasteiger charge is -2.43. The Kier molecular flexibility index (Phi) is 7.49. The van der Waals surface area contributed by atoms with Gasteiger partial charge in [0, 0.05) is 38.1 Å². The average Bonchev–Trinajstić information content (AvgIpc) is 2.76. The summed E-state index contributed by atoms with van der Waals surface area (Å²) in [6, 6.07) is 11.6. The van der Waals surface area contributed by atoms with E-state index < -0.39 is 18.5 Å². The van der Waals surface area contributed by atoms with Crippen LogP contribution in [0.15, 0.2) is 42.6 Å². The van der Waals surface area contributed by atoms with Gasteiger partial charge in [-0.2, -0.15) is 0 Å². The van der Waals surface area contributed by atoms with Crippen molar-refractivity contribution in [1.82, 2.24) is 9.88 Å². The molecule has 1 aromatic heterocycles. The predicted octanol–water partition coefficient (Wildman–Crippen LogP) is 2.80. The molecule has 0 bridgehead atoms. The molecule has 9 heteroatoms. The molecule has 2 atom stereocenters. The molecule has 1 fully saturated rings. The molecule has 0 saturated carbocycles. The van der Waals surface area contributed by atoms with Crippen molar-refractivity contribution in [2.24, 2.45) is 5.73 Å². The highest BCUT2D eigenvalue weighted by Crippen LogP contribution is 2.59. The van der Waals surface area contributed by atoms with E-state index in [1.54, 1.807) is 13.3 Å². The summed E-state index contributed by atoms with van der Waals surface area (Å²) in [5.74, 6) is -0.691. The molecule has 31 heavy (non-hydrogen) atoms. The van der Waals surface area contributed by atoms with Crippen molar-refractivity contribution < 1.29 is 24.1 Å². The first-order valence-corrected chi connectivity index (χ1v) is 12.2. The molecule has 0 radical (unpaired) electrons. The van der Waals surface area contributed by atoms with Gasteiger partial charge >= 0.3 is 5.97 Å². The number of rotatable bonds is 9. The third-order valence-corrected chi connectivity index (χ3v) is 8.68. The van der Waals surface area contributed by atoms with Crippen LogP contribution in [0.3, 0.4) is 0 Å². The van der Waals surface area contributed by atoms with Gasteiger partial charge < -0.3 is 20.5 Å². The van der Waals surface area contributed by atoms with Gasteiger partial charge in [0.05, 0.1) is 7.11 Å². The van der Waals surface area contributed by atoms with Gasteiger partial charge in [0.2, 0.25) is 13.2 Å². The largest absolute Gasteiger partial charge is 0.481 e. The molecule has 0 amide bonds. The van der Waals surface area contributed by atoms with Gasteiger partial charge in [-0.05, 0) is 42.1 Å². The maximum absolute atomic E-state index is 13.0. The zero-order valence-corrected chi connectivity index (χ0v) is 18.6. The number of benzene rings is 1. The van der Waals surface area contributed by atoms with Crippen molar-refractivity contribution in [3.8, 4) is 17.0 Å². The second-order valence-electron chi connectivity index (χ2n) is 7.96. The summed E-state index contributed by atoms with van der Waals surface area (Å²) in [7, 11) is -2.29. The number of nitrogens with two attached hydrogens (primary N) is 1. The number of unbranched alkanes of at least 4 members (excludes halogenated alkanes) is 1. The van der Waals surface area contributed by atoms with Crippen LogP contribution in [0.5, 0.6) is 5.88 Å². The van der Waals surface area contributed by atoms with E-state index in [4.69, 9.17) is 10.5 Å². The molecule has 1 aliphatic heterocycles. The van der Waals surface area contributed by atoms with E-state index in [9.17, 15) is 19.4 Å². The summed E-state index contributed by atoms with van der Waals surface area (Å²) >= 11 is 0. The van der Waals surface area contributed by atoms with E-state index in [-0.39, 0.29) is 19.1 Å². The lowest BCUT2D eigenvalue weighted by molar-refractivity contribution is -0.141. The van der Waals surface area contributed by atoms with E-state index in [1.165, 1.54) is 0 Å². The van der Waals surface area contributed by atoms with E-state index >= 15 is 0 Å². The SMILES string of the molecule is COc1cc(-c2ccccc2CN2CCP(=O)(O)[C@](CCCCN)(C(=O)O)C2)ccn1. The van der Waals surface area contributed by atoms with Crippen molar-refractivity contribution >= 4 is 13.3 Å². The molecule has 1 unspecified atom stereocenters. The smallest absolute Gasteiger partial charge is 0.320 e. The summed E-state index contributed by atoms with van der Waals surface area (Å²) in [5, 5.41) is 8.33. The summed E-state index contributed by atoms with van der Waals surface area (Å²) < 4.78 is 18.2. The van der Waals surface area contributed by atoms with Gasteiger partial charge in [0.25, 0.3) is 0 Å². The van der Waals surface area contributed by atoms with Crippen LogP contribution in [-0.2, 0) is 15.9 Å². The molecular weight excluding hydrogens is 417 g/mol. The highest BCUT2D eigenvalue weighted by Gasteiger charge is 2.56. The normalized spacial score (nSPS) is 24.1. The fraction of sp³-hybridized carbons (Fsp3) is 0.455. The first kappa shape index (κ1) is 23.4. The van der Waals surface area contributed by atoms with E-state index in [0.717, 1.165) is 16.7 Å². The van der Waals surface area contributed by atoms with E-state index in [2.05, 4.69) is 4.98 Å². The van der Waals surface area contributed by atoms with Crippen molar-refractivity contribution in [3.05, 3.63) is 48.2 Å².